The zero-order chi connectivity index (χ0) is 33.8. The van der Waals surface area contributed by atoms with E-state index < -0.39 is 59.6 Å². The fraction of sp³-hybridized carbons (Fsp3) is 0.222. The van der Waals surface area contributed by atoms with Gasteiger partial charge in [0.1, 0.15) is 12.1 Å². The predicted octanol–water partition coefficient (Wildman–Crippen LogP) is 7.36. The molecule has 0 saturated carbocycles. The van der Waals surface area contributed by atoms with E-state index in [2.05, 4.69) is 0 Å². The maximum Gasteiger partial charge on any atom is 0.253 e. The van der Waals surface area contributed by atoms with E-state index in [1.807, 2.05) is 72.4 Å². The molecule has 8 rings (SSSR count). The molecule has 4 aromatic rings. The third-order valence-electron chi connectivity index (χ3n) is 9.89. The number of benzene rings is 4. The fourth-order valence-electron chi connectivity index (χ4n) is 7.78. The lowest BCUT2D eigenvalue weighted by Crippen LogP contribution is -2.50. The van der Waals surface area contributed by atoms with Crippen molar-refractivity contribution in [1.82, 2.24) is 10.0 Å². The third kappa shape index (κ3) is 4.51. The van der Waals surface area contributed by atoms with Gasteiger partial charge >= 0.3 is 0 Å². The predicted molar refractivity (Wildman–Crippen MR) is 184 cm³/mol. The number of rotatable bonds is 4. The molecule has 4 aromatic carbocycles. The second kappa shape index (κ2) is 11.4. The largest absolute Gasteiger partial charge is 0.274 e. The quantitative estimate of drug-likeness (QED) is 0.205. The summed E-state index contributed by atoms with van der Waals surface area (Å²) in [6.07, 6.45) is 0. The fourth-order valence-corrected chi connectivity index (χ4v) is 8.37. The van der Waals surface area contributed by atoms with Crippen LogP contribution in [0, 0.1) is 25.7 Å². The monoisotopic (exact) mass is 718 g/mol. The molecular weight excluding hydrogens is 694 g/mol. The van der Waals surface area contributed by atoms with E-state index in [0.29, 0.717) is 21.4 Å². The molecular formula is C36H26Cl4N4O4. The topological polar surface area (TPSA) is 81.2 Å². The van der Waals surface area contributed by atoms with Gasteiger partial charge in [-0.05, 0) is 61.4 Å². The smallest absolute Gasteiger partial charge is 0.253 e. The van der Waals surface area contributed by atoms with Gasteiger partial charge < -0.3 is 0 Å². The molecule has 4 fully saturated rings. The lowest BCUT2D eigenvalue weighted by molar-refractivity contribution is -0.136. The maximum absolute atomic E-state index is 14.6. The Morgan fingerprint density at radius 2 is 0.792 bits per heavy atom. The first kappa shape index (κ1) is 31.5. The number of fused-ring (bicyclic) bond motifs is 5. The van der Waals surface area contributed by atoms with Gasteiger partial charge in [0.05, 0.1) is 55.4 Å². The number of imide groups is 2. The number of hydrazine groups is 1. The zero-order valence-corrected chi connectivity index (χ0v) is 28.5. The van der Waals surface area contributed by atoms with Crippen molar-refractivity contribution < 1.29 is 19.2 Å². The molecule has 48 heavy (non-hydrogen) atoms. The first-order valence-corrected chi connectivity index (χ1v) is 16.8. The standard InChI is InChI=1S/C36H26Cl4N4O4/c1-17-3-7-19(8-4-17)29-27-31(35(47)41(33(27)45)21-11-13-23(37)25(39)15-21)44-30(20-9-5-18(2)6-10-20)28-32(43(29)44)36(48)42(34(28)46)22-12-14-24(38)26(40)16-22/h3-16,27-32H,1-2H3/t27-,28-,29+,30+,31-,32+/m0/s1. The van der Waals surface area contributed by atoms with Crippen molar-refractivity contribution in [1.29, 1.82) is 0 Å². The molecule has 0 unspecified atom stereocenters. The second-order valence-electron chi connectivity index (χ2n) is 12.6. The van der Waals surface area contributed by atoms with Crippen molar-refractivity contribution >= 4 is 81.4 Å². The lowest BCUT2D eigenvalue weighted by Gasteiger charge is -2.35. The van der Waals surface area contributed by atoms with E-state index in [4.69, 9.17) is 46.4 Å². The van der Waals surface area contributed by atoms with Gasteiger partial charge in [0.25, 0.3) is 11.8 Å². The summed E-state index contributed by atoms with van der Waals surface area (Å²) in [6, 6.07) is 21.1. The molecule has 4 aliphatic rings. The van der Waals surface area contributed by atoms with E-state index in [9.17, 15) is 19.2 Å². The van der Waals surface area contributed by atoms with E-state index in [-0.39, 0.29) is 10.0 Å². The number of anilines is 2. The average molecular weight is 720 g/mol. The van der Waals surface area contributed by atoms with Gasteiger partial charge in [0.15, 0.2) is 0 Å². The highest BCUT2D eigenvalue weighted by molar-refractivity contribution is 6.43. The average Bonchev–Trinajstić information content (AvgIpc) is 3.72. The van der Waals surface area contributed by atoms with Gasteiger partial charge in [-0.3, -0.25) is 19.2 Å². The van der Waals surface area contributed by atoms with Crippen LogP contribution in [0.1, 0.15) is 34.3 Å². The number of nitrogens with zero attached hydrogens (tertiary/aromatic N) is 4. The highest BCUT2D eigenvalue weighted by Gasteiger charge is 2.73. The van der Waals surface area contributed by atoms with Gasteiger partial charge in [0.2, 0.25) is 11.8 Å². The Bertz CT molecular complexity index is 1910. The first-order valence-electron chi connectivity index (χ1n) is 15.3. The Kier molecular flexibility index (Phi) is 7.49. The van der Waals surface area contributed by atoms with Crippen molar-refractivity contribution in [2.45, 2.75) is 38.0 Å². The minimum Gasteiger partial charge on any atom is -0.274 e. The molecule has 4 heterocycles. The van der Waals surface area contributed by atoms with Crippen molar-refractivity contribution in [3.05, 3.63) is 127 Å². The summed E-state index contributed by atoms with van der Waals surface area (Å²) in [5.74, 6) is -3.60. The van der Waals surface area contributed by atoms with Crippen LogP contribution in [0.25, 0.3) is 0 Å². The van der Waals surface area contributed by atoms with E-state index in [0.717, 1.165) is 32.1 Å². The van der Waals surface area contributed by atoms with Gasteiger partial charge in [0, 0.05) is 0 Å². The summed E-state index contributed by atoms with van der Waals surface area (Å²) in [4.78, 5) is 60.6. The van der Waals surface area contributed by atoms with Crippen LogP contribution in [-0.2, 0) is 19.2 Å². The van der Waals surface area contributed by atoms with Gasteiger partial charge in [-0.1, -0.05) is 106 Å². The Hall–Kier alpha value is -3.76. The molecule has 8 nitrogen and oxygen atoms in total. The van der Waals surface area contributed by atoms with Crippen LogP contribution in [-0.4, -0.2) is 45.7 Å². The Labute approximate surface area is 296 Å². The number of hydrogen-bond donors (Lipinski definition) is 0. The van der Waals surface area contributed by atoms with Crippen molar-refractivity contribution in [3.8, 4) is 0 Å². The summed E-state index contributed by atoms with van der Waals surface area (Å²) < 4.78 is 0. The molecule has 0 bridgehead atoms. The Morgan fingerprint density at radius 1 is 0.438 bits per heavy atom. The van der Waals surface area contributed by atoms with Crippen LogP contribution in [0.4, 0.5) is 11.4 Å². The molecule has 4 saturated heterocycles. The second-order valence-corrected chi connectivity index (χ2v) is 14.3. The molecule has 0 radical (unpaired) electrons. The molecule has 6 atom stereocenters. The van der Waals surface area contributed by atoms with Crippen LogP contribution in [0.5, 0.6) is 0 Å². The van der Waals surface area contributed by atoms with E-state index >= 15 is 0 Å². The first-order chi connectivity index (χ1) is 23.0. The zero-order valence-electron chi connectivity index (χ0n) is 25.5. The highest BCUT2D eigenvalue weighted by Crippen LogP contribution is 2.60. The Morgan fingerprint density at radius 3 is 1.12 bits per heavy atom. The van der Waals surface area contributed by atoms with Gasteiger partial charge in [-0.15, -0.1) is 0 Å². The van der Waals surface area contributed by atoms with Crippen molar-refractivity contribution in [2.75, 3.05) is 9.80 Å². The minimum atomic E-state index is -1.01. The lowest BCUT2D eigenvalue weighted by atomic mass is 9.84. The number of carbonyl (C=O) groups is 4. The number of halogens is 4. The van der Waals surface area contributed by atoms with Crippen molar-refractivity contribution in [2.24, 2.45) is 11.8 Å². The molecule has 0 spiro atoms. The molecule has 0 N–H and O–H groups in total. The van der Waals surface area contributed by atoms with Crippen LogP contribution in [0.3, 0.4) is 0 Å². The summed E-state index contributed by atoms with van der Waals surface area (Å²) in [7, 11) is 0. The molecule has 0 aromatic heterocycles. The van der Waals surface area contributed by atoms with E-state index in [1.165, 1.54) is 12.1 Å². The minimum absolute atomic E-state index is 0.204. The summed E-state index contributed by atoms with van der Waals surface area (Å²) in [5, 5.41) is 4.65. The van der Waals surface area contributed by atoms with Gasteiger partial charge in [-0.2, -0.15) is 0 Å². The Balaban J connectivity index is 1.33. The van der Waals surface area contributed by atoms with Crippen LogP contribution in [0.15, 0.2) is 84.9 Å². The summed E-state index contributed by atoms with van der Waals surface area (Å²) in [6.45, 7) is 3.91. The van der Waals surface area contributed by atoms with E-state index in [1.54, 1.807) is 24.3 Å². The third-order valence-corrected chi connectivity index (χ3v) is 11.4. The van der Waals surface area contributed by atoms with Crippen LogP contribution < -0.4 is 9.80 Å². The molecule has 4 aliphatic heterocycles. The molecule has 12 heteroatoms. The van der Waals surface area contributed by atoms with Gasteiger partial charge in [-0.25, -0.2) is 19.8 Å². The maximum atomic E-state index is 14.6. The molecule has 242 valence electrons. The molecule has 0 aliphatic carbocycles. The number of carbonyl (C=O) groups excluding carboxylic acids is 4. The SMILES string of the molecule is Cc1ccc([C@@H]2[C@@H]3C(=O)N(c4ccc(Cl)c(Cl)c4)C(=O)[C@@H]3N3[C@H](c4ccc(C)cc4)[C@@H]4C(=O)N(c5ccc(Cl)c(Cl)c5)C(=O)[C@H]4N23)cc1. The summed E-state index contributed by atoms with van der Waals surface area (Å²) >= 11 is 25.0. The highest BCUT2D eigenvalue weighted by atomic mass is 35.5. The van der Waals surface area contributed by atoms with Crippen LogP contribution in [0.2, 0.25) is 20.1 Å². The number of amides is 4. The summed E-state index contributed by atoms with van der Waals surface area (Å²) in [5.41, 5.74) is 4.09. The molecule has 4 amide bonds. The normalized spacial score (nSPS) is 26.9. The number of hydrogen-bond acceptors (Lipinski definition) is 6. The number of aryl methyl sites for hydroxylation is 2. The van der Waals surface area contributed by atoms with Crippen LogP contribution >= 0.6 is 46.4 Å². The van der Waals surface area contributed by atoms with Crippen molar-refractivity contribution in [3.63, 3.8) is 0 Å².